The molecule has 1 saturated heterocycles. The highest BCUT2D eigenvalue weighted by Gasteiger charge is 2.54. The molecule has 1 fully saturated rings. The monoisotopic (exact) mass is 210 g/mol. The molecule has 1 spiro atoms. The molecule has 2 aliphatic rings. The smallest absolute Gasteiger partial charge is 0.271 e. The number of nitrogens with zero attached hydrogens (tertiary/aromatic N) is 1. The van der Waals surface area contributed by atoms with E-state index in [1.165, 1.54) is 0 Å². The normalized spacial score (nSPS) is 25.3. The van der Waals surface area contributed by atoms with Gasteiger partial charge in [-0.05, 0) is 27.7 Å². The van der Waals surface area contributed by atoms with Crippen molar-refractivity contribution in [3.63, 3.8) is 0 Å². The van der Waals surface area contributed by atoms with E-state index in [0.29, 0.717) is 19.1 Å². The fourth-order valence-electron chi connectivity index (χ4n) is 1.97. The number of likely N-dealkylation sites (tertiary alicyclic amines) is 1. The number of ether oxygens (including phenoxy) is 1. The largest absolute Gasteiger partial charge is 0.478 e. The average molecular weight is 210 g/mol. The lowest BCUT2D eigenvalue weighted by atomic mass is 9.90. The van der Waals surface area contributed by atoms with Crippen LogP contribution in [0.1, 0.15) is 27.7 Å². The molecule has 84 valence electrons. The van der Waals surface area contributed by atoms with Crippen molar-refractivity contribution in [3.05, 3.63) is 11.5 Å². The Morgan fingerprint density at radius 3 is 2.53 bits per heavy atom. The third-order valence-electron chi connectivity index (χ3n) is 3.24. The van der Waals surface area contributed by atoms with E-state index in [1.54, 1.807) is 0 Å². The molecular weight excluding hydrogens is 192 g/mol. The van der Waals surface area contributed by atoms with Crippen LogP contribution in [-0.4, -0.2) is 35.5 Å². The van der Waals surface area contributed by atoms with Gasteiger partial charge in [-0.3, -0.25) is 9.69 Å². The van der Waals surface area contributed by atoms with Crippen LogP contribution >= 0.6 is 0 Å². The molecule has 0 aromatic carbocycles. The Bertz CT molecular complexity index is 327. The molecule has 2 rings (SSSR count). The minimum atomic E-state index is -0.617. The quantitative estimate of drug-likeness (QED) is 0.697. The molecule has 1 amide bonds. The second kappa shape index (κ2) is 3.23. The maximum atomic E-state index is 11.8. The standard InChI is InChI=1S/C11H18N2O2/c1-7(2)13-5-11(6-13)10(14)12-8(3)9(4)15-11/h7H,5-6H2,1-4H3,(H,12,14). The predicted molar refractivity (Wildman–Crippen MR) is 57.0 cm³/mol. The summed E-state index contributed by atoms with van der Waals surface area (Å²) in [5, 5.41) is 2.87. The lowest BCUT2D eigenvalue weighted by molar-refractivity contribution is -0.171. The van der Waals surface area contributed by atoms with Crippen LogP contribution in [0.25, 0.3) is 0 Å². The number of carbonyl (C=O) groups excluding carboxylic acids is 1. The summed E-state index contributed by atoms with van der Waals surface area (Å²) in [6.07, 6.45) is 0. The zero-order valence-electron chi connectivity index (χ0n) is 9.76. The maximum Gasteiger partial charge on any atom is 0.271 e. The highest BCUT2D eigenvalue weighted by atomic mass is 16.5. The van der Waals surface area contributed by atoms with Crippen LogP contribution in [-0.2, 0) is 9.53 Å². The van der Waals surface area contributed by atoms with E-state index in [9.17, 15) is 4.79 Å². The average Bonchev–Trinajstić information content (AvgIpc) is 2.07. The Morgan fingerprint density at radius 2 is 2.00 bits per heavy atom. The van der Waals surface area contributed by atoms with Gasteiger partial charge in [0.2, 0.25) is 5.60 Å². The van der Waals surface area contributed by atoms with Gasteiger partial charge in [-0.1, -0.05) is 0 Å². The second-order valence-corrected chi connectivity index (χ2v) is 4.73. The molecule has 2 aliphatic heterocycles. The molecular formula is C11H18N2O2. The summed E-state index contributed by atoms with van der Waals surface area (Å²) >= 11 is 0. The van der Waals surface area contributed by atoms with E-state index < -0.39 is 5.60 Å². The summed E-state index contributed by atoms with van der Waals surface area (Å²) in [4.78, 5) is 14.1. The number of allylic oxidation sites excluding steroid dienone is 2. The second-order valence-electron chi connectivity index (χ2n) is 4.73. The highest BCUT2D eigenvalue weighted by Crippen LogP contribution is 2.32. The first-order valence-electron chi connectivity index (χ1n) is 5.36. The van der Waals surface area contributed by atoms with Crippen molar-refractivity contribution in [2.24, 2.45) is 0 Å². The molecule has 4 nitrogen and oxygen atoms in total. The fourth-order valence-corrected chi connectivity index (χ4v) is 1.97. The van der Waals surface area contributed by atoms with Crippen molar-refractivity contribution in [2.45, 2.75) is 39.3 Å². The zero-order valence-corrected chi connectivity index (χ0v) is 9.76. The number of carbonyl (C=O) groups is 1. The topological polar surface area (TPSA) is 41.6 Å². The summed E-state index contributed by atoms with van der Waals surface area (Å²) < 4.78 is 5.74. The highest BCUT2D eigenvalue weighted by molar-refractivity contribution is 5.89. The molecule has 2 heterocycles. The molecule has 0 bridgehead atoms. The molecule has 0 aliphatic carbocycles. The molecule has 0 atom stereocenters. The minimum Gasteiger partial charge on any atom is -0.478 e. The van der Waals surface area contributed by atoms with Gasteiger partial charge in [0.1, 0.15) is 5.76 Å². The van der Waals surface area contributed by atoms with Crippen molar-refractivity contribution in [1.29, 1.82) is 0 Å². The molecule has 0 unspecified atom stereocenters. The Balaban J connectivity index is 2.10. The minimum absolute atomic E-state index is 0.00231. The third kappa shape index (κ3) is 1.53. The summed E-state index contributed by atoms with van der Waals surface area (Å²) in [6.45, 7) is 9.40. The van der Waals surface area contributed by atoms with E-state index in [0.717, 1.165) is 11.5 Å². The van der Waals surface area contributed by atoms with Gasteiger partial charge in [-0.15, -0.1) is 0 Å². The van der Waals surface area contributed by atoms with Crippen LogP contribution in [0, 0.1) is 0 Å². The first-order valence-corrected chi connectivity index (χ1v) is 5.36. The van der Waals surface area contributed by atoms with Gasteiger partial charge in [-0.2, -0.15) is 0 Å². The Morgan fingerprint density at radius 1 is 1.40 bits per heavy atom. The summed E-state index contributed by atoms with van der Waals surface area (Å²) in [5.41, 5.74) is 0.210. The van der Waals surface area contributed by atoms with E-state index in [2.05, 4.69) is 24.1 Å². The van der Waals surface area contributed by atoms with E-state index >= 15 is 0 Å². The van der Waals surface area contributed by atoms with E-state index in [4.69, 9.17) is 4.74 Å². The van der Waals surface area contributed by atoms with Gasteiger partial charge in [0.25, 0.3) is 5.91 Å². The van der Waals surface area contributed by atoms with Crippen LogP contribution in [0.15, 0.2) is 11.5 Å². The summed E-state index contributed by atoms with van der Waals surface area (Å²) in [5.74, 6) is 0.834. The van der Waals surface area contributed by atoms with Crippen LogP contribution in [0.2, 0.25) is 0 Å². The Labute approximate surface area is 90.3 Å². The molecule has 0 radical (unpaired) electrons. The molecule has 1 N–H and O–H groups in total. The molecule has 4 heteroatoms. The van der Waals surface area contributed by atoms with Gasteiger partial charge in [0, 0.05) is 19.1 Å². The van der Waals surface area contributed by atoms with E-state index in [1.807, 2.05) is 13.8 Å². The first-order chi connectivity index (χ1) is 6.94. The summed E-state index contributed by atoms with van der Waals surface area (Å²) in [6, 6.07) is 0.472. The van der Waals surface area contributed by atoms with Crippen molar-refractivity contribution < 1.29 is 9.53 Å². The van der Waals surface area contributed by atoms with Crippen LogP contribution in [0.3, 0.4) is 0 Å². The fraction of sp³-hybridized carbons (Fsp3) is 0.727. The number of hydrogen-bond donors (Lipinski definition) is 1. The van der Waals surface area contributed by atoms with Crippen LogP contribution < -0.4 is 5.32 Å². The van der Waals surface area contributed by atoms with Crippen molar-refractivity contribution >= 4 is 5.91 Å². The van der Waals surface area contributed by atoms with Gasteiger partial charge in [-0.25, -0.2) is 0 Å². The number of rotatable bonds is 1. The number of nitrogens with one attached hydrogen (secondary N) is 1. The molecule has 15 heavy (non-hydrogen) atoms. The van der Waals surface area contributed by atoms with Gasteiger partial charge in [0.15, 0.2) is 0 Å². The third-order valence-corrected chi connectivity index (χ3v) is 3.24. The molecule has 0 aromatic heterocycles. The van der Waals surface area contributed by atoms with Crippen molar-refractivity contribution in [1.82, 2.24) is 10.2 Å². The van der Waals surface area contributed by atoms with E-state index in [-0.39, 0.29) is 5.91 Å². The number of hydrogen-bond acceptors (Lipinski definition) is 3. The SMILES string of the molecule is CC1=C(C)OC2(CN(C(C)C)C2)C(=O)N1. The lowest BCUT2D eigenvalue weighted by Gasteiger charge is -2.51. The van der Waals surface area contributed by atoms with Crippen LogP contribution in [0.4, 0.5) is 0 Å². The van der Waals surface area contributed by atoms with Gasteiger partial charge < -0.3 is 10.1 Å². The Hall–Kier alpha value is -1.03. The first kappa shape index (κ1) is 10.5. The zero-order chi connectivity index (χ0) is 11.2. The molecule has 0 aromatic rings. The summed E-state index contributed by atoms with van der Waals surface area (Å²) in [7, 11) is 0. The Kier molecular flexibility index (Phi) is 2.26. The van der Waals surface area contributed by atoms with Crippen LogP contribution in [0.5, 0.6) is 0 Å². The van der Waals surface area contributed by atoms with Gasteiger partial charge in [0.05, 0.1) is 5.70 Å². The molecule has 0 saturated carbocycles. The van der Waals surface area contributed by atoms with Crippen molar-refractivity contribution in [3.8, 4) is 0 Å². The predicted octanol–water partition coefficient (Wildman–Crippen LogP) is 0.847. The van der Waals surface area contributed by atoms with Crippen molar-refractivity contribution in [2.75, 3.05) is 13.1 Å². The maximum absolute atomic E-state index is 11.8. The van der Waals surface area contributed by atoms with Gasteiger partial charge >= 0.3 is 0 Å². The lowest BCUT2D eigenvalue weighted by Crippen LogP contribution is -2.72. The number of amides is 1.